The molecule has 1 spiro atoms. The van der Waals surface area contributed by atoms with Crippen LogP contribution >= 0.6 is 0 Å². The second-order valence-electron chi connectivity index (χ2n) is 8.31. The normalized spacial score (nSPS) is 29.9. The second kappa shape index (κ2) is 5.80. The van der Waals surface area contributed by atoms with Crippen molar-refractivity contribution in [2.75, 3.05) is 18.6 Å². The first-order valence-corrected chi connectivity index (χ1v) is 9.89. The molecule has 3 nitrogen and oxygen atoms in total. The number of hydrogen-bond acceptors (Lipinski definition) is 2. The lowest BCUT2D eigenvalue weighted by molar-refractivity contribution is -0.127. The summed E-state index contributed by atoms with van der Waals surface area (Å²) in [6.07, 6.45) is 3.96. The number of amides is 1. The number of fused-ring (bicyclic) bond motifs is 3. The van der Waals surface area contributed by atoms with Crippen LogP contribution in [0.25, 0.3) is 11.1 Å². The van der Waals surface area contributed by atoms with Crippen LogP contribution < -0.4 is 4.90 Å². The highest BCUT2D eigenvalue weighted by Crippen LogP contribution is 2.63. The zero-order valence-corrected chi connectivity index (χ0v) is 16.0. The summed E-state index contributed by atoms with van der Waals surface area (Å²) in [6, 6.07) is 18.8. The smallest absolute Gasteiger partial charge is 0.237 e. The van der Waals surface area contributed by atoms with Gasteiger partial charge in [0.25, 0.3) is 0 Å². The molecule has 5 rings (SSSR count). The van der Waals surface area contributed by atoms with E-state index in [4.69, 9.17) is 4.74 Å². The molecule has 3 aliphatic rings. The quantitative estimate of drug-likeness (QED) is 0.723. The Morgan fingerprint density at radius 1 is 0.963 bits per heavy atom. The van der Waals surface area contributed by atoms with E-state index in [0.717, 1.165) is 38.0 Å². The van der Waals surface area contributed by atoms with E-state index in [2.05, 4.69) is 49.4 Å². The highest BCUT2D eigenvalue weighted by atomic mass is 16.5. The first-order valence-electron chi connectivity index (χ1n) is 9.89. The van der Waals surface area contributed by atoms with Gasteiger partial charge in [-0.15, -0.1) is 0 Å². The largest absolute Gasteiger partial charge is 0.370 e. The van der Waals surface area contributed by atoms with E-state index in [-0.39, 0.29) is 11.5 Å². The standard InChI is InChI=1S/C24H25NO2/c1-23-16-24(14-8-9-15-27-24)20(17-10-4-3-5-11-17)21(23)18-12-6-7-13-19(18)25(2)22(23)26/h3-7,10-13H,8-9,14-16H2,1-2H3. The Balaban J connectivity index is 1.86. The summed E-state index contributed by atoms with van der Waals surface area (Å²) >= 11 is 0. The Hall–Kier alpha value is -2.39. The van der Waals surface area contributed by atoms with Crippen LogP contribution in [0.2, 0.25) is 0 Å². The Bertz CT molecular complexity index is 940. The highest BCUT2D eigenvalue weighted by molar-refractivity contribution is 6.19. The number of carbonyl (C=O) groups is 1. The molecule has 0 N–H and O–H groups in total. The number of para-hydroxylation sites is 1. The third kappa shape index (κ3) is 2.21. The number of hydrogen-bond donors (Lipinski definition) is 0. The molecule has 0 bridgehead atoms. The maximum Gasteiger partial charge on any atom is 0.237 e. The van der Waals surface area contributed by atoms with E-state index in [1.165, 1.54) is 22.3 Å². The van der Waals surface area contributed by atoms with Gasteiger partial charge in [-0.1, -0.05) is 48.5 Å². The molecule has 2 aliphatic heterocycles. The molecule has 2 heterocycles. The summed E-state index contributed by atoms with van der Waals surface area (Å²) in [7, 11) is 1.90. The zero-order chi connectivity index (χ0) is 18.6. The number of ether oxygens (including phenoxy) is 1. The van der Waals surface area contributed by atoms with Crippen LogP contribution in [0.5, 0.6) is 0 Å². The van der Waals surface area contributed by atoms with Gasteiger partial charge in [0.15, 0.2) is 0 Å². The lowest BCUT2D eigenvalue weighted by Gasteiger charge is -2.40. The summed E-state index contributed by atoms with van der Waals surface area (Å²) in [6.45, 7) is 2.89. The predicted octanol–water partition coefficient (Wildman–Crippen LogP) is 4.92. The lowest BCUT2D eigenvalue weighted by atomic mass is 9.74. The van der Waals surface area contributed by atoms with Crippen molar-refractivity contribution in [2.24, 2.45) is 5.41 Å². The molecule has 1 saturated heterocycles. The average Bonchev–Trinajstić information content (AvgIpc) is 2.96. The molecule has 2 atom stereocenters. The lowest BCUT2D eigenvalue weighted by Crippen LogP contribution is -2.46. The molecular formula is C24H25NO2. The minimum atomic E-state index is -0.550. The number of nitrogens with zero attached hydrogens (tertiary/aromatic N) is 1. The molecule has 0 saturated carbocycles. The molecule has 2 aromatic rings. The maximum atomic E-state index is 13.5. The fourth-order valence-electron chi connectivity index (χ4n) is 5.52. The molecule has 1 amide bonds. The molecule has 1 fully saturated rings. The van der Waals surface area contributed by atoms with Gasteiger partial charge < -0.3 is 9.64 Å². The second-order valence-corrected chi connectivity index (χ2v) is 8.31. The minimum Gasteiger partial charge on any atom is -0.370 e. The fourth-order valence-corrected chi connectivity index (χ4v) is 5.52. The number of carbonyl (C=O) groups excluding carboxylic acids is 1. The van der Waals surface area contributed by atoms with Gasteiger partial charge in [-0.05, 0) is 55.4 Å². The Kier molecular flexibility index (Phi) is 3.60. The van der Waals surface area contributed by atoms with Crippen molar-refractivity contribution in [3.63, 3.8) is 0 Å². The zero-order valence-electron chi connectivity index (χ0n) is 16.0. The molecule has 2 aromatic carbocycles. The maximum absolute atomic E-state index is 13.5. The molecule has 3 heteroatoms. The molecule has 138 valence electrons. The van der Waals surface area contributed by atoms with Gasteiger partial charge in [-0.2, -0.15) is 0 Å². The van der Waals surface area contributed by atoms with Crippen molar-refractivity contribution >= 4 is 22.7 Å². The predicted molar refractivity (Wildman–Crippen MR) is 108 cm³/mol. The molecular weight excluding hydrogens is 334 g/mol. The molecule has 1 aliphatic carbocycles. The fraction of sp³-hybridized carbons (Fsp3) is 0.375. The van der Waals surface area contributed by atoms with Gasteiger partial charge in [-0.25, -0.2) is 0 Å². The summed E-state index contributed by atoms with van der Waals surface area (Å²) in [5.41, 5.74) is 4.85. The minimum absolute atomic E-state index is 0.177. The van der Waals surface area contributed by atoms with Crippen LogP contribution in [0.4, 0.5) is 5.69 Å². The number of anilines is 1. The SMILES string of the molecule is CN1C(=O)C2(C)CC3(CCCCO3)C(c3ccccc3)=C2c2ccccc21. The van der Waals surface area contributed by atoms with E-state index in [9.17, 15) is 4.79 Å². The van der Waals surface area contributed by atoms with Crippen molar-refractivity contribution in [2.45, 2.75) is 38.2 Å². The van der Waals surface area contributed by atoms with Gasteiger partial charge in [-0.3, -0.25) is 4.79 Å². The van der Waals surface area contributed by atoms with Crippen LogP contribution in [0.3, 0.4) is 0 Å². The van der Waals surface area contributed by atoms with Gasteiger partial charge >= 0.3 is 0 Å². The Morgan fingerprint density at radius 3 is 2.44 bits per heavy atom. The number of benzene rings is 2. The van der Waals surface area contributed by atoms with Crippen molar-refractivity contribution < 1.29 is 9.53 Å². The third-order valence-electron chi connectivity index (χ3n) is 6.62. The van der Waals surface area contributed by atoms with Crippen LogP contribution in [0, 0.1) is 5.41 Å². The van der Waals surface area contributed by atoms with E-state index in [1.54, 1.807) is 0 Å². The third-order valence-corrected chi connectivity index (χ3v) is 6.62. The van der Waals surface area contributed by atoms with E-state index >= 15 is 0 Å². The van der Waals surface area contributed by atoms with Gasteiger partial charge in [0.1, 0.15) is 0 Å². The van der Waals surface area contributed by atoms with Crippen molar-refractivity contribution in [1.29, 1.82) is 0 Å². The number of rotatable bonds is 1. The first kappa shape index (κ1) is 16.8. The summed E-state index contributed by atoms with van der Waals surface area (Å²) < 4.78 is 6.52. The highest BCUT2D eigenvalue weighted by Gasteiger charge is 2.59. The van der Waals surface area contributed by atoms with Crippen LogP contribution in [-0.4, -0.2) is 25.2 Å². The topological polar surface area (TPSA) is 29.5 Å². The molecule has 27 heavy (non-hydrogen) atoms. The Labute approximate surface area is 160 Å². The molecule has 0 aromatic heterocycles. The van der Waals surface area contributed by atoms with Gasteiger partial charge in [0.2, 0.25) is 5.91 Å². The van der Waals surface area contributed by atoms with E-state index in [0.29, 0.717) is 0 Å². The van der Waals surface area contributed by atoms with E-state index < -0.39 is 5.41 Å². The van der Waals surface area contributed by atoms with Crippen LogP contribution in [-0.2, 0) is 9.53 Å². The van der Waals surface area contributed by atoms with Crippen LogP contribution in [0.1, 0.15) is 43.7 Å². The van der Waals surface area contributed by atoms with Gasteiger partial charge in [0.05, 0.1) is 16.7 Å². The Morgan fingerprint density at radius 2 is 1.70 bits per heavy atom. The summed E-state index contributed by atoms with van der Waals surface area (Å²) in [4.78, 5) is 15.4. The van der Waals surface area contributed by atoms with Crippen molar-refractivity contribution in [1.82, 2.24) is 0 Å². The molecule has 0 radical (unpaired) electrons. The average molecular weight is 359 g/mol. The van der Waals surface area contributed by atoms with Crippen molar-refractivity contribution in [3.05, 3.63) is 65.7 Å². The van der Waals surface area contributed by atoms with E-state index in [1.807, 2.05) is 24.1 Å². The van der Waals surface area contributed by atoms with Crippen LogP contribution in [0.15, 0.2) is 54.6 Å². The molecule has 2 unspecified atom stereocenters. The summed E-state index contributed by atoms with van der Waals surface area (Å²) in [5.74, 6) is 0.177. The summed E-state index contributed by atoms with van der Waals surface area (Å²) in [5, 5.41) is 0. The van der Waals surface area contributed by atoms with Gasteiger partial charge in [0, 0.05) is 19.2 Å². The van der Waals surface area contributed by atoms with Crippen molar-refractivity contribution in [3.8, 4) is 0 Å². The monoisotopic (exact) mass is 359 g/mol. The first-order chi connectivity index (χ1) is 13.1.